The lowest BCUT2D eigenvalue weighted by molar-refractivity contribution is 0.0599. The lowest BCUT2D eigenvalue weighted by atomic mass is 10.2. The number of thioether (sulfide) groups is 1. The smallest absolute Gasteiger partial charge is 0.338 e. The molecule has 0 radical (unpaired) electrons. The fraction of sp³-hybridized carbons (Fsp3) is 0.222. The zero-order valence-electron chi connectivity index (χ0n) is 7.33. The molecule has 0 aromatic heterocycles. The summed E-state index contributed by atoms with van der Waals surface area (Å²) in [5.74, 6) is -0.281. The minimum atomic E-state index is -0.281. The summed E-state index contributed by atoms with van der Waals surface area (Å²) < 4.78 is 5.57. The Hall–Kier alpha value is -0.230. The average Bonchev–Trinajstić information content (AvgIpc) is 2.16. The standard InChI is InChI=1S/C9H9IO2S/c1-12-9(11)7-4-3-6(13-2)5-8(7)10/h3-5H,1-2H3. The van der Waals surface area contributed by atoms with E-state index >= 15 is 0 Å². The number of ether oxygens (including phenoxy) is 1. The largest absolute Gasteiger partial charge is 0.465 e. The first-order valence-corrected chi connectivity index (χ1v) is 5.91. The van der Waals surface area contributed by atoms with Gasteiger partial charge in [-0.05, 0) is 47.0 Å². The van der Waals surface area contributed by atoms with Crippen molar-refractivity contribution in [1.29, 1.82) is 0 Å². The molecule has 4 heteroatoms. The van der Waals surface area contributed by atoms with Gasteiger partial charge < -0.3 is 4.74 Å². The van der Waals surface area contributed by atoms with E-state index in [0.29, 0.717) is 5.56 Å². The molecular formula is C9H9IO2S. The maximum Gasteiger partial charge on any atom is 0.338 e. The van der Waals surface area contributed by atoms with Crippen molar-refractivity contribution in [3.63, 3.8) is 0 Å². The Balaban J connectivity index is 3.05. The van der Waals surface area contributed by atoms with Crippen molar-refractivity contribution in [2.24, 2.45) is 0 Å². The van der Waals surface area contributed by atoms with Crippen molar-refractivity contribution in [2.75, 3.05) is 13.4 Å². The molecule has 0 saturated carbocycles. The second-order valence-corrected chi connectivity index (χ2v) is 4.38. The van der Waals surface area contributed by atoms with Crippen LogP contribution in [-0.2, 0) is 4.74 Å². The zero-order chi connectivity index (χ0) is 9.84. The monoisotopic (exact) mass is 308 g/mol. The molecule has 13 heavy (non-hydrogen) atoms. The van der Waals surface area contributed by atoms with Gasteiger partial charge in [0.25, 0.3) is 0 Å². The number of carbonyl (C=O) groups is 1. The molecule has 0 aliphatic rings. The van der Waals surface area contributed by atoms with E-state index in [9.17, 15) is 4.79 Å². The van der Waals surface area contributed by atoms with E-state index in [2.05, 4.69) is 27.3 Å². The van der Waals surface area contributed by atoms with Crippen LogP contribution in [-0.4, -0.2) is 19.3 Å². The highest BCUT2D eigenvalue weighted by atomic mass is 127. The third-order valence-electron chi connectivity index (χ3n) is 1.58. The molecule has 2 nitrogen and oxygen atoms in total. The molecule has 0 saturated heterocycles. The van der Waals surface area contributed by atoms with Crippen LogP contribution in [0.5, 0.6) is 0 Å². The summed E-state index contributed by atoms with van der Waals surface area (Å²) in [6, 6.07) is 5.68. The van der Waals surface area contributed by atoms with Gasteiger partial charge in [-0.15, -0.1) is 11.8 Å². The first kappa shape index (κ1) is 10.8. The fourth-order valence-electron chi connectivity index (χ4n) is 0.898. The van der Waals surface area contributed by atoms with Crippen molar-refractivity contribution >= 4 is 40.3 Å². The van der Waals surface area contributed by atoms with Crippen LogP contribution in [0, 0.1) is 3.57 Å². The Labute approximate surface area is 95.2 Å². The van der Waals surface area contributed by atoms with Crippen LogP contribution >= 0.6 is 34.4 Å². The molecule has 1 aromatic carbocycles. The number of hydrogen-bond donors (Lipinski definition) is 0. The molecule has 0 fully saturated rings. The van der Waals surface area contributed by atoms with E-state index in [0.717, 1.165) is 8.47 Å². The molecule has 0 N–H and O–H groups in total. The number of methoxy groups -OCH3 is 1. The lowest BCUT2D eigenvalue weighted by Gasteiger charge is -2.03. The van der Waals surface area contributed by atoms with Crippen molar-refractivity contribution < 1.29 is 9.53 Å². The van der Waals surface area contributed by atoms with E-state index in [1.165, 1.54) is 7.11 Å². The van der Waals surface area contributed by atoms with Crippen LogP contribution in [0.2, 0.25) is 0 Å². The fourth-order valence-corrected chi connectivity index (χ4v) is 2.28. The number of halogens is 1. The van der Waals surface area contributed by atoms with Crippen LogP contribution in [0.4, 0.5) is 0 Å². The van der Waals surface area contributed by atoms with E-state index in [1.54, 1.807) is 17.8 Å². The Morgan fingerprint density at radius 1 is 1.54 bits per heavy atom. The van der Waals surface area contributed by atoms with Crippen molar-refractivity contribution in [3.8, 4) is 0 Å². The molecule has 0 spiro atoms. The van der Waals surface area contributed by atoms with E-state index < -0.39 is 0 Å². The maximum atomic E-state index is 11.2. The predicted molar refractivity (Wildman–Crippen MR) is 62.3 cm³/mol. The second-order valence-electron chi connectivity index (χ2n) is 2.34. The normalized spacial score (nSPS) is 9.77. The van der Waals surface area contributed by atoms with Gasteiger partial charge >= 0.3 is 5.97 Å². The summed E-state index contributed by atoms with van der Waals surface area (Å²) in [5, 5.41) is 0. The van der Waals surface area contributed by atoms with E-state index in [4.69, 9.17) is 0 Å². The van der Waals surface area contributed by atoms with Gasteiger partial charge in [-0.2, -0.15) is 0 Å². The third kappa shape index (κ3) is 2.60. The van der Waals surface area contributed by atoms with E-state index in [1.807, 2.05) is 18.4 Å². The first-order chi connectivity index (χ1) is 6.19. The Morgan fingerprint density at radius 3 is 2.69 bits per heavy atom. The minimum absolute atomic E-state index is 0.281. The van der Waals surface area contributed by atoms with Gasteiger partial charge in [0.1, 0.15) is 0 Å². The number of carbonyl (C=O) groups excluding carboxylic acids is 1. The van der Waals surface area contributed by atoms with Gasteiger partial charge in [0.2, 0.25) is 0 Å². The summed E-state index contributed by atoms with van der Waals surface area (Å²) in [6.07, 6.45) is 2.00. The number of esters is 1. The topological polar surface area (TPSA) is 26.3 Å². The van der Waals surface area contributed by atoms with E-state index in [-0.39, 0.29) is 5.97 Å². The third-order valence-corrected chi connectivity index (χ3v) is 3.20. The lowest BCUT2D eigenvalue weighted by Crippen LogP contribution is -2.03. The highest BCUT2D eigenvalue weighted by Gasteiger charge is 2.09. The van der Waals surface area contributed by atoms with Gasteiger partial charge in [0, 0.05) is 8.47 Å². The zero-order valence-corrected chi connectivity index (χ0v) is 10.3. The molecule has 0 heterocycles. The predicted octanol–water partition coefficient (Wildman–Crippen LogP) is 2.80. The summed E-state index contributed by atoms with van der Waals surface area (Å²) >= 11 is 3.79. The molecule has 0 aliphatic carbocycles. The molecular weight excluding hydrogens is 299 g/mol. The Bertz CT molecular complexity index is 325. The van der Waals surface area contributed by atoms with Gasteiger partial charge in [-0.3, -0.25) is 0 Å². The molecule has 0 unspecified atom stereocenters. The average molecular weight is 308 g/mol. The number of hydrogen-bond acceptors (Lipinski definition) is 3. The number of benzene rings is 1. The summed E-state index contributed by atoms with van der Waals surface area (Å²) in [7, 11) is 1.39. The quantitative estimate of drug-likeness (QED) is 0.477. The first-order valence-electron chi connectivity index (χ1n) is 3.61. The van der Waals surface area contributed by atoms with Gasteiger partial charge in [0.15, 0.2) is 0 Å². The summed E-state index contributed by atoms with van der Waals surface area (Å²) in [4.78, 5) is 12.4. The SMILES string of the molecule is COC(=O)c1ccc(SC)cc1I. The van der Waals surface area contributed by atoms with Crippen molar-refractivity contribution in [2.45, 2.75) is 4.90 Å². The van der Waals surface area contributed by atoms with Crippen molar-refractivity contribution in [3.05, 3.63) is 27.3 Å². The molecule has 0 bridgehead atoms. The maximum absolute atomic E-state index is 11.2. The molecule has 70 valence electrons. The Morgan fingerprint density at radius 2 is 2.23 bits per heavy atom. The molecule has 0 aliphatic heterocycles. The van der Waals surface area contributed by atoms with Crippen LogP contribution in [0.25, 0.3) is 0 Å². The summed E-state index contributed by atoms with van der Waals surface area (Å²) in [6.45, 7) is 0. The van der Waals surface area contributed by atoms with Gasteiger partial charge in [-0.25, -0.2) is 4.79 Å². The summed E-state index contributed by atoms with van der Waals surface area (Å²) in [5.41, 5.74) is 0.626. The van der Waals surface area contributed by atoms with Gasteiger partial charge in [-0.1, -0.05) is 0 Å². The minimum Gasteiger partial charge on any atom is -0.465 e. The van der Waals surface area contributed by atoms with Crippen LogP contribution in [0.15, 0.2) is 23.1 Å². The van der Waals surface area contributed by atoms with Crippen LogP contribution < -0.4 is 0 Å². The van der Waals surface area contributed by atoms with Crippen molar-refractivity contribution in [1.82, 2.24) is 0 Å². The van der Waals surface area contributed by atoms with Crippen LogP contribution in [0.3, 0.4) is 0 Å². The molecule has 1 rings (SSSR count). The molecule has 1 aromatic rings. The number of rotatable bonds is 2. The second kappa shape index (κ2) is 4.85. The van der Waals surface area contributed by atoms with Gasteiger partial charge in [0.05, 0.1) is 12.7 Å². The highest BCUT2D eigenvalue weighted by molar-refractivity contribution is 14.1. The Kier molecular flexibility index (Phi) is 4.05. The highest BCUT2D eigenvalue weighted by Crippen LogP contribution is 2.21. The molecule has 0 amide bonds. The van der Waals surface area contributed by atoms with Crippen LogP contribution in [0.1, 0.15) is 10.4 Å². The molecule has 0 atom stereocenters.